The molecule has 0 amide bonds. The molecule has 1 aromatic carbocycles. The standard InChI is InChI=1S/C11H11BrClF2NO3.ClH/c1-2-19-10(18)11(14,15)9(16)6-3-5(13)4-7(12)8(6)17;/h3-4,9,17H,2,16H2,1H3;1H/t9-;/m1./s1. The van der Waals surface area contributed by atoms with Crippen molar-refractivity contribution in [3.8, 4) is 5.75 Å². The Bertz CT molecular complexity index is 503. The number of benzene rings is 1. The summed E-state index contributed by atoms with van der Waals surface area (Å²) in [6.07, 6.45) is 0. The van der Waals surface area contributed by atoms with Gasteiger partial charge >= 0.3 is 11.9 Å². The van der Waals surface area contributed by atoms with E-state index in [1.807, 2.05) is 0 Å². The molecule has 0 spiro atoms. The number of carbonyl (C=O) groups excluding carboxylic acids is 1. The molecule has 0 saturated heterocycles. The minimum atomic E-state index is -3.97. The number of alkyl halides is 2. The molecule has 1 atom stereocenters. The number of aromatic hydroxyl groups is 1. The maximum absolute atomic E-state index is 13.8. The van der Waals surface area contributed by atoms with E-state index in [-0.39, 0.29) is 34.1 Å². The van der Waals surface area contributed by atoms with Gasteiger partial charge in [0.05, 0.1) is 11.1 Å². The van der Waals surface area contributed by atoms with Gasteiger partial charge in [0.25, 0.3) is 0 Å². The molecular weight excluding hydrogens is 383 g/mol. The molecule has 4 nitrogen and oxygen atoms in total. The number of rotatable bonds is 4. The molecule has 0 aliphatic heterocycles. The molecule has 3 N–H and O–H groups in total. The van der Waals surface area contributed by atoms with Gasteiger partial charge in [-0.15, -0.1) is 12.4 Å². The quantitative estimate of drug-likeness (QED) is 0.767. The highest BCUT2D eigenvalue weighted by Gasteiger charge is 2.48. The van der Waals surface area contributed by atoms with E-state index < -0.39 is 23.7 Å². The number of carbonyl (C=O) groups is 1. The predicted molar refractivity (Wildman–Crippen MR) is 76.6 cm³/mol. The van der Waals surface area contributed by atoms with Crippen LogP contribution in [0, 0.1) is 0 Å². The Morgan fingerprint density at radius 2 is 2.15 bits per heavy atom. The molecule has 0 heterocycles. The number of ether oxygens (including phenoxy) is 1. The van der Waals surface area contributed by atoms with Crippen molar-refractivity contribution in [1.82, 2.24) is 0 Å². The zero-order valence-electron chi connectivity index (χ0n) is 10.2. The molecular formula is C11H12BrCl2F2NO3. The number of hydrogen-bond acceptors (Lipinski definition) is 4. The number of phenols is 1. The maximum atomic E-state index is 13.8. The fourth-order valence-corrected chi connectivity index (χ4v) is 2.21. The van der Waals surface area contributed by atoms with E-state index in [9.17, 15) is 18.7 Å². The molecule has 0 bridgehead atoms. The van der Waals surface area contributed by atoms with E-state index in [0.29, 0.717) is 0 Å². The van der Waals surface area contributed by atoms with Gasteiger partial charge in [0.15, 0.2) is 0 Å². The van der Waals surface area contributed by atoms with E-state index in [2.05, 4.69) is 20.7 Å². The molecule has 0 radical (unpaired) electrons. The average molecular weight is 395 g/mol. The fourth-order valence-electron chi connectivity index (χ4n) is 1.37. The van der Waals surface area contributed by atoms with Crippen LogP contribution in [0.15, 0.2) is 16.6 Å². The molecule has 0 aliphatic rings. The van der Waals surface area contributed by atoms with Crippen molar-refractivity contribution in [2.24, 2.45) is 5.73 Å². The molecule has 20 heavy (non-hydrogen) atoms. The zero-order valence-corrected chi connectivity index (χ0v) is 13.4. The first kappa shape index (κ1) is 19.4. The Balaban J connectivity index is 0.00000361. The van der Waals surface area contributed by atoms with E-state index >= 15 is 0 Å². The van der Waals surface area contributed by atoms with Crippen LogP contribution in [0.4, 0.5) is 8.78 Å². The predicted octanol–water partition coefficient (Wildman–Crippen LogP) is 3.43. The summed E-state index contributed by atoms with van der Waals surface area (Å²) in [4.78, 5) is 11.2. The highest BCUT2D eigenvalue weighted by molar-refractivity contribution is 9.10. The van der Waals surface area contributed by atoms with Crippen molar-refractivity contribution in [1.29, 1.82) is 0 Å². The summed E-state index contributed by atoms with van der Waals surface area (Å²) >= 11 is 8.65. The summed E-state index contributed by atoms with van der Waals surface area (Å²) in [6, 6.07) is 0.316. The molecule has 0 fully saturated rings. The molecule has 0 aliphatic carbocycles. The Labute approximate surface area is 133 Å². The van der Waals surface area contributed by atoms with E-state index in [0.717, 1.165) is 6.07 Å². The van der Waals surface area contributed by atoms with Gasteiger partial charge in [-0.25, -0.2) is 4.79 Å². The lowest BCUT2D eigenvalue weighted by molar-refractivity contribution is -0.174. The normalized spacial score (nSPS) is 12.5. The van der Waals surface area contributed by atoms with Gasteiger partial charge in [0, 0.05) is 10.6 Å². The summed E-state index contributed by atoms with van der Waals surface area (Å²) in [6.45, 7) is 1.19. The summed E-state index contributed by atoms with van der Waals surface area (Å²) < 4.78 is 31.9. The van der Waals surface area contributed by atoms with Crippen molar-refractivity contribution < 1.29 is 23.4 Å². The first-order chi connectivity index (χ1) is 8.71. The number of hydrogen-bond donors (Lipinski definition) is 2. The van der Waals surface area contributed by atoms with Crippen molar-refractivity contribution in [3.05, 3.63) is 27.2 Å². The van der Waals surface area contributed by atoms with Gasteiger partial charge in [0.1, 0.15) is 11.8 Å². The van der Waals surface area contributed by atoms with Crippen LogP contribution in [0.3, 0.4) is 0 Å². The van der Waals surface area contributed by atoms with Crippen molar-refractivity contribution >= 4 is 45.9 Å². The van der Waals surface area contributed by atoms with E-state index in [1.165, 1.54) is 13.0 Å². The Hall–Kier alpha value is -0.630. The van der Waals surface area contributed by atoms with E-state index in [4.69, 9.17) is 17.3 Å². The van der Waals surface area contributed by atoms with Crippen LogP contribution in [0.25, 0.3) is 0 Å². The average Bonchev–Trinajstić information content (AvgIpc) is 2.33. The van der Waals surface area contributed by atoms with Crippen LogP contribution in [-0.4, -0.2) is 23.6 Å². The molecule has 0 unspecified atom stereocenters. The largest absolute Gasteiger partial charge is 0.506 e. The Kier molecular flexibility index (Phi) is 7.17. The second-order valence-electron chi connectivity index (χ2n) is 3.65. The van der Waals surface area contributed by atoms with Crippen molar-refractivity contribution in [2.75, 3.05) is 6.61 Å². The smallest absolute Gasteiger partial charge is 0.379 e. The van der Waals surface area contributed by atoms with Gasteiger partial charge in [-0.3, -0.25) is 0 Å². The monoisotopic (exact) mass is 393 g/mol. The molecule has 0 aromatic heterocycles. The lowest BCUT2D eigenvalue weighted by Crippen LogP contribution is -2.41. The fraction of sp³-hybridized carbons (Fsp3) is 0.364. The first-order valence-electron chi connectivity index (χ1n) is 5.20. The SMILES string of the molecule is CCOC(=O)C(F)(F)[C@H](N)c1cc(Cl)cc(Br)c1O.Cl. The third kappa shape index (κ3) is 3.94. The minimum absolute atomic E-state index is 0. The molecule has 1 rings (SSSR count). The van der Waals surface area contributed by atoms with Crippen LogP contribution >= 0.6 is 39.9 Å². The number of halogens is 5. The minimum Gasteiger partial charge on any atom is -0.506 e. The van der Waals surface area contributed by atoms with Gasteiger partial charge in [-0.2, -0.15) is 8.78 Å². The van der Waals surface area contributed by atoms with Crippen LogP contribution in [0.1, 0.15) is 18.5 Å². The Morgan fingerprint density at radius 3 is 2.65 bits per heavy atom. The molecule has 1 aromatic rings. The molecule has 9 heteroatoms. The van der Waals surface area contributed by atoms with Gasteiger partial charge in [0.2, 0.25) is 0 Å². The third-order valence-electron chi connectivity index (χ3n) is 2.33. The molecule has 114 valence electrons. The molecule has 0 saturated carbocycles. The second kappa shape index (κ2) is 7.40. The second-order valence-corrected chi connectivity index (χ2v) is 4.94. The Morgan fingerprint density at radius 1 is 1.60 bits per heavy atom. The summed E-state index contributed by atoms with van der Waals surface area (Å²) in [5, 5.41) is 9.79. The van der Waals surface area contributed by atoms with Gasteiger partial charge in [-0.05, 0) is 35.0 Å². The summed E-state index contributed by atoms with van der Waals surface area (Å²) in [7, 11) is 0. The van der Waals surface area contributed by atoms with Crippen LogP contribution in [0.5, 0.6) is 5.75 Å². The highest BCUT2D eigenvalue weighted by Crippen LogP contribution is 2.40. The number of nitrogens with two attached hydrogens (primary N) is 1. The number of phenolic OH excluding ortho intramolecular Hbond substituents is 1. The number of esters is 1. The van der Waals surface area contributed by atoms with E-state index in [1.54, 1.807) is 0 Å². The lowest BCUT2D eigenvalue weighted by atomic mass is 10.0. The lowest BCUT2D eigenvalue weighted by Gasteiger charge is -2.23. The third-order valence-corrected chi connectivity index (χ3v) is 3.15. The summed E-state index contributed by atoms with van der Waals surface area (Å²) in [5.41, 5.74) is 5.00. The van der Waals surface area contributed by atoms with Gasteiger partial charge in [-0.1, -0.05) is 11.6 Å². The topological polar surface area (TPSA) is 72.5 Å². The summed E-state index contributed by atoms with van der Waals surface area (Å²) in [5.74, 6) is -6.23. The van der Waals surface area contributed by atoms with Crippen LogP contribution in [-0.2, 0) is 9.53 Å². The zero-order chi connectivity index (χ0) is 14.8. The van der Waals surface area contributed by atoms with Crippen LogP contribution < -0.4 is 5.73 Å². The van der Waals surface area contributed by atoms with Crippen molar-refractivity contribution in [3.63, 3.8) is 0 Å². The van der Waals surface area contributed by atoms with Crippen molar-refractivity contribution in [2.45, 2.75) is 18.9 Å². The highest BCUT2D eigenvalue weighted by atomic mass is 79.9. The first-order valence-corrected chi connectivity index (χ1v) is 6.37. The maximum Gasteiger partial charge on any atom is 0.379 e. The van der Waals surface area contributed by atoms with Gasteiger partial charge < -0.3 is 15.6 Å². The van der Waals surface area contributed by atoms with Crippen LogP contribution in [0.2, 0.25) is 5.02 Å².